The van der Waals surface area contributed by atoms with E-state index in [0.717, 1.165) is 6.04 Å². The summed E-state index contributed by atoms with van der Waals surface area (Å²) in [6.07, 6.45) is 2.24. The van der Waals surface area contributed by atoms with Crippen molar-refractivity contribution in [3.05, 3.63) is 24.2 Å². The molecule has 1 aromatic heterocycles. The van der Waals surface area contributed by atoms with Crippen molar-refractivity contribution in [2.75, 3.05) is 5.75 Å². The van der Waals surface area contributed by atoms with E-state index in [-0.39, 0.29) is 11.8 Å². The minimum atomic E-state index is -3.23. The average molecular weight is 289 g/mol. The first-order valence-electron chi connectivity index (χ1n) is 6.27. The third-order valence-electron chi connectivity index (χ3n) is 2.74. The summed E-state index contributed by atoms with van der Waals surface area (Å²) in [5.74, 6) is 0.883. The Hall–Kier alpha value is -0.593. The van der Waals surface area contributed by atoms with Crippen molar-refractivity contribution in [1.29, 1.82) is 0 Å². The van der Waals surface area contributed by atoms with Gasteiger partial charge in [-0.25, -0.2) is 13.1 Å². The second-order valence-corrected chi connectivity index (χ2v) is 13.2. The highest BCUT2D eigenvalue weighted by molar-refractivity contribution is 7.89. The monoisotopic (exact) mass is 289 g/mol. The first-order valence-corrected chi connectivity index (χ1v) is 11.6. The molecule has 0 saturated carbocycles. The minimum absolute atomic E-state index is 0.208. The molecule has 0 aromatic carbocycles. The van der Waals surface area contributed by atoms with Crippen LogP contribution in [0.2, 0.25) is 25.7 Å². The number of sulfonamides is 1. The lowest BCUT2D eigenvalue weighted by Crippen LogP contribution is -2.33. The van der Waals surface area contributed by atoms with Gasteiger partial charge in [0.15, 0.2) is 0 Å². The molecule has 0 fully saturated rings. The molecule has 0 bridgehead atoms. The van der Waals surface area contributed by atoms with Crippen LogP contribution in [-0.2, 0) is 10.0 Å². The van der Waals surface area contributed by atoms with Gasteiger partial charge in [-0.2, -0.15) is 0 Å². The van der Waals surface area contributed by atoms with Crippen LogP contribution in [-0.4, -0.2) is 22.2 Å². The average Bonchev–Trinajstić information content (AvgIpc) is 2.76. The zero-order valence-electron chi connectivity index (χ0n) is 11.6. The molecule has 0 aliphatic heterocycles. The summed E-state index contributed by atoms with van der Waals surface area (Å²) in [5.41, 5.74) is 0. The molecule has 1 aromatic rings. The molecule has 1 N–H and O–H groups in total. The van der Waals surface area contributed by atoms with E-state index in [4.69, 9.17) is 4.42 Å². The van der Waals surface area contributed by atoms with E-state index in [9.17, 15) is 8.42 Å². The molecular weight excluding hydrogens is 266 g/mol. The van der Waals surface area contributed by atoms with Crippen molar-refractivity contribution in [1.82, 2.24) is 4.72 Å². The Kier molecular flexibility index (Phi) is 5.18. The fourth-order valence-electron chi connectivity index (χ4n) is 1.55. The molecule has 0 amide bonds. The molecular formula is C12H23NO3SSi. The van der Waals surface area contributed by atoms with Gasteiger partial charge in [0.1, 0.15) is 5.76 Å². The van der Waals surface area contributed by atoms with Crippen LogP contribution in [0.4, 0.5) is 0 Å². The Balaban J connectivity index is 2.64. The third kappa shape index (κ3) is 5.37. The van der Waals surface area contributed by atoms with Gasteiger partial charge in [-0.1, -0.05) is 26.6 Å². The van der Waals surface area contributed by atoms with E-state index in [1.807, 2.05) is 6.92 Å². The maximum Gasteiger partial charge on any atom is 0.211 e. The van der Waals surface area contributed by atoms with Crippen molar-refractivity contribution < 1.29 is 12.8 Å². The van der Waals surface area contributed by atoms with Crippen molar-refractivity contribution >= 4 is 18.1 Å². The van der Waals surface area contributed by atoms with Crippen LogP contribution >= 0.6 is 0 Å². The summed E-state index contributed by atoms with van der Waals surface area (Å²) in [5, 5.41) is 0. The normalized spacial score (nSPS) is 14.7. The van der Waals surface area contributed by atoms with Gasteiger partial charge in [-0.15, -0.1) is 0 Å². The predicted octanol–water partition coefficient (Wildman–Crippen LogP) is 2.99. The first kappa shape index (κ1) is 15.5. The Morgan fingerprint density at radius 2 is 2.06 bits per heavy atom. The number of furan rings is 1. The van der Waals surface area contributed by atoms with E-state index in [0.29, 0.717) is 12.2 Å². The van der Waals surface area contributed by atoms with E-state index in [1.165, 1.54) is 0 Å². The number of hydrogen-bond donors (Lipinski definition) is 1. The topological polar surface area (TPSA) is 59.3 Å². The predicted molar refractivity (Wildman–Crippen MR) is 76.8 cm³/mol. The fraction of sp³-hybridized carbons (Fsp3) is 0.667. The summed E-state index contributed by atoms with van der Waals surface area (Å²) in [7, 11) is -4.56. The summed E-state index contributed by atoms with van der Waals surface area (Å²) in [6, 6.07) is 4.09. The molecule has 0 radical (unpaired) electrons. The minimum Gasteiger partial charge on any atom is -0.468 e. The Morgan fingerprint density at radius 3 is 2.50 bits per heavy atom. The Bertz CT molecular complexity index is 448. The lowest BCUT2D eigenvalue weighted by molar-refractivity contribution is 0.437. The number of hydrogen-bond acceptors (Lipinski definition) is 3. The molecule has 4 nitrogen and oxygen atoms in total. The Morgan fingerprint density at radius 1 is 1.39 bits per heavy atom. The second kappa shape index (κ2) is 6.03. The largest absolute Gasteiger partial charge is 0.468 e. The molecule has 104 valence electrons. The van der Waals surface area contributed by atoms with E-state index < -0.39 is 18.1 Å². The maximum atomic E-state index is 12.0. The van der Waals surface area contributed by atoms with Crippen LogP contribution in [0.1, 0.15) is 25.1 Å². The molecule has 1 heterocycles. The van der Waals surface area contributed by atoms with Gasteiger partial charge in [-0.3, -0.25) is 0 Å². The summed E-state index contributed by atoms with van der Waals surface area (Å²) >= 11 is 0. The van der Waals surface area contributed by atoms with Gasteiger partial charge in [-0.05, 0) is 24.6 Å². The molecule has 6 heteroatoms. The lowest BCUT2D eigenvalue weighted by atomic mass is 10.2. The molecule has 0 saturated heterocycles. The third-order valence-corrected chi connectivity index (χ3v) is 6.24. The first-order chi connectivity index (χ1) is 8.23. The molecule has 1 atom stereocenters. The molecule has 1 rings (SSSR count). The van der Waals surface area contributed by atoms with Crippen molar-refractivity contribution in [3.8, 4) is 0 Å². The van der Waals surface area contributed by atoms with Crippen LogP contribution in [0.25, 0.3) is 0 Å². The SMILES string of the molecule is CC[C@H](NS(=O)(=O)CC[Si](C)(C)C)c1ccco1. The van der Waals surface area contributed by atoms with Crippen molar-refractivity contribution in [2.45, 2.75) is 45.1 Å². The zero-order valence-corrected chi connectivity index (χ0v) is 13.4. The summed E-state index contributed by atoms with van der Waals surface area (Å²) in [4.78, 5) is 0. The number of rotatable bonds is 7. The van der Waals surface area contributed by atoms with Gasteiger partial charge in [0.2, 0.25) is 10.0 Å². The Labute approximate surface area is 111 Å². The standard InChI is InChI=1S/C12H23NO3SSi/c1-5-11(12-7-6-8-16-12)13-17(14,15)9-10-18(2,3)4/h6-8,11,13H,5,9-10H2,1-4H3/t11-/m0/s1. The fourth-order valence-corrected chi connectivity index (χ4v) is 5.91. The summed E-state index contributed by atoms with van der Waals surface area (Å²) in [6.45, 7) is 8.46. The summed E-state index contributed by atoms with van der Waals surface area (Å²) < 4.78 is 32.0. The lowest BCUT2D eigenvalue weighted by Gasteiger charge is -2.18. The molecule has 18 heavy (non-hydrogen) atoms. The highest BCUT2D eigenvalue weighted by Gasteiger charge is 2.23. The van der Waals surface area contributed by atoms with Gasteiger partial charge in [0.05, 0.1) is 18.1 Å². The molecule has 0 aliphatic rings. The smallest absolute Gasteiger partial charge is 0.211 e. The van der Waals surface area contributed by atoms with Gasteiger partial charge >= 0.3 is 0 Å². The molecule has 0 aliphatic carbocycles. The zero-order chi connectivity index (χ0) is 13.8. The van der Waals surface area contributed by atoms with Crippen LogP contribution in [0.5, 0.6) is 0 Å². The highest BCUT2D eigenvalue weighted by Crippen LogP contribution is 2.19. The van der Waals surface area contributed by atoms with E-state index in [2.05, 4.69) is 24.4 Å². The van der Waals surface area contributed by atoms with Crippen LogP contribution < -0.4 is 4.72 Å². The van der Waals surface area contributed by atoms with E-state index >= 15 is 0 Å². The van der Waals surface area contributed by atoms with Gasteiger partial charge in [0, 0.05) is 8.07 Å². The van der Waals surface area contributed by atoms with Gasteiger partial charge < -0.3 is 4.42 Å². The van der Waals surface area contributed by atoms with E-state index in [1.54, 1.807) is 18.4 Å². The van der Waals surface area contributed by atoms with Crippen LogP contribution in [0, 0.1) is 0 Å². The number of nitrogens with one attached hydrogen (secondary N) is 1. The molecule has 0 unspecified atom stereocenters. The maximum absolute atomic E-state index is 12.0. The highest BCUT2D eigenvalue weighted by atomic mass is 32.2. The quantitative estimate of drug-likeness (QED) is 0.785. The van der Waals surface area contributed by atoms with Gasteiger partial charge in [0.25, 0.3) is 0 Å². The molecule has 0 spiro atoms. The van der Waals surface area contributed by atoms with Crippen LogP contribution in [0.3, 0.4) is 0 Å². The van der Waals surface area contributed by atoms with Crippen LogP contribution in [0.15, 0.2) is 22.8 Å². The van der Waals surface area contributed by atoms with Crippen molar-refractivity contribution in [2.24, 2.45) is 0 Å². The van der Waals surface area contributed by atoms with Crippen molar-refractivity contribution in [3.63, 3.8) is 0 Å². The second-order valence-electron chi connectivity index (χ2n) is 5.72.